The third kappa shape index (κ3) is 2.64. The number of nitrogens with one attached hydrogen (secondary N) is 2. The van der Waals surface area contributed by atoms with Gasteiger partial charge in [-0.05, 0) is 45.0 Å². The Labute approximate surface area is 99.0 Å². The van der Waals surface area contributed by atoms with E-state index in [-0.39, 0.29) is 17.3 Å². The molecule has 0 atom stereocenters. The molecular weight excluding hydrogens is 219 g/mol. The van der Waals surface area contributed by atoms with Crippen molar-refractivity contribution in [2.75, 3.05) is 0 Å². The predicted octanol–water partition coefficient (Wildman–Crippen LogP) is 2.84. The number of H-pyrrole nitrogens is 1. The number of halogens is 1. The minimum absolute atomic E-state index is 0.186. The van der Waals surface area contributed by atoms with Crippen LogP contribution in [0.4, 0.5) is 4.39 Å². The van der Waals surface area contributed by atoms with Gasteiger partial charge in [0, 0.05) is 16.4 Å². The first-order valence-corrected chi connectivity index (χ1v) is 5.46. The van der Waals surface area contributed by atoms with Crippen LogP contribution in [0.5, 0.6) is 0 Å². The Bertz CT molecular complexity index is 566. The van der Waals surface area contributed by atoms with E-state index in [1.54, 1.807) is 12.1 Å². The smallest absolute Gasteiger partial charge is 0.268 e. The summed E-state index contributed by atoms with van der Waals surface area (Å²) in [6, 6.07) is 6.04. The number of aromatic amines is 1. The van der Waals surface area contributed by atoms with Gasteiger partial charge in [-0.3, -0.25) is 4.79 Å². The molecule has 1 amide bonds. The first kappa shape index (κ1) is 11.6. The number of benzene rings is 1. The Kier molecular flexibility index (Phi) is 2.65. The summed E-state index contributed by atoms with van der Waals surface area (Å²) in [4.78, 5) is 14.8. The van der Waals surface area contributed by atoms with Crippen molar-refractivity contribution < 1.29 is 9.18 Å². The summed E-state index contributed by atoms with van der Waals surface area (Å²) in [5, 5.41) is 3.55. The largest absolute Gasteiger partial charge is 0.351 e. The third-order valence-electron chi connectivity index (χ3n) is 2.32. The fraction of sp³-hybridized carbons (Fsp3) is 0.308. The van der Waals surface area contributed by atoms with Gasteiger partial charge < -0.3 is 10.3 Å². The molecule has 2 rings (SSSR count). The quantitative estimate of drug-likeness (QED) is 0.783. The molecule has 1 heterocycles. The SMILES string of the molecule is CC(C)(C)NC(=O)c1cc2cc(F)ccc2[nH]1. The average Bonchev–Trinajstić information content (AvgIpc) is 2.57. The van der Waals surface area contributed by atoms with Crippen molar-refractivity contribution >= 4 is 16.8 Å². The summed E-state index contributed by atoms with van der Waals surface area (Å²) in [5.74, 6) is -0.492. The van der Waals surface area contributed by atoms with Gasteiger partial charge in [0.2, 0.25) is 0 Å². The van der Waals surface area contributed by atoms with Crippen molar-refractivity contribution in [2.45, 2.75) is 26.3 Å². The monoisotopic (exact) mass is 234 g/mol. The Hall–Kier alpha value is -1.84. The van der Waals surface area contributed by atoms with Crippen molar-refractivity contribution in [1.29, 1.82) is 0 Å². The molecule has 2 N–H and O–H groups in total. The Morgan fingerprint density at radius 1 is 1.29 bits per heavy atom. The molecule has 0 spiro atoms. The lowest BCUT2D eigenvalue weighted by Crippen LogP contribution is -2.40. The zero-order chi connectivity index (χ0) is 12.6. The van der Waals surface area contributed by atoms with Gasteiger partial charge in [0.25, 0.3) is 5.91 Å². The number of hydrogen-bond donors (Lipinski definition) is 2. The van der Waals surface area contributed by atoms with Crippen molar-refractivity contribution in [2.24, 2.45) is 0 Å². The molecule has 0 aliphatic rings. The normalized spacial score (nSPS) is 11.8. The van der Waals surface area contributed by atoms with Gasteiger partial charge in [0.1, 0.15) is 11.5 Å². The molecule has 90 valence electrons. The second kappa shape index (κ2) is 3.87. The molecule has 0 fully saturated rings. The van der Waals surface area contributed by atoms with Crippen LogP contribution >= 0.6 is 0 Å². The zero-order valence-electron chi connectivity index (χ0n) is 10.1. The van der Waals surface area contributed by atoms with Crippen LogP contribution in [0.25, 0.3) is 10.9 Å². The molecule has 0 aliphatic heterocycles. The molecule has 0 radical (unpaired) electrons. The molecular formula is C13H15FN2O. The van der Waals surface area contributed by atoms with Gasteiger partial charge in [0.05, 0.1) is 0 Å². The van der Waals surface area contributed by atoms with Crippen LogP contribution in [-0.2, 0) is 0 Å². The Morgan fingerprint density at radius 3 is 2.65 bits per heavy atom. The number of aromatic nitrogens is 1. The number of fused-ring (bicyclic) bond motifs is 1. The molecule has 0 unspecified atom stereocenters. The molecule has 1 aromatic heterocycles. The number of amides is 1. The van der Waals surface area contributed by atoms with E-state index in [0.29, 0.717) is 11.1 Å². The van der Waals surface area contributed by atoms with Gasteiger partial charge in [-0.15, -0.1) is 0 Å². The topological polar surface area (TPSA) is 44.9 Å². The first-order chi connectivity index (χ1) is 7.85. The van der Waals surface area contributed by atoms with Crippen molar-refractivity contribution in [3.8, 4) is 0 Å². The van der Waals surface area contributed by atoms with E-state index in [2.05, 4.69) is 10.3 Å². The maximum absolute atomic E-state index is 13.0. The standard InChI is InChI=1S/C13H15FN2O/c1-13(2,3)16-12(17)11-7-8-6-9(14)4-5-10(8)15-11/h4-7,15H,1-3H3,(H,16,17). The van der Waals surface area contributed by atoms with Crippen LogP contribution in [0, 0.1) is 5.82 Å². The van der Waals surface area contributed by atoms with E-state index in [1.807, 2.05) is 20.8 Å². The molecule has 17 heavy (non-hydrogen) atoms. The van der Waals surface area contributed by atoms with Gasteiger partial charge >= 0.3 is 0 Å². The molecule has 0 saturated carbocycles. The lowest BCUT2D eigenvalue weighted by Gasteiger charge is -2.19. The van der Waals surface area contributed by atoms with E-state index in [9.17, 15) is 9.18 Å². The summed E-state index contributed by atoms with van der Waals surface area (Å²) in [7, 11) is 0. The minimum atomic E-state index is -0.306. The van der Waals surface area contributed by atoms with Gasteiger partial charge in [-0.1, -0.05) is 0 Å². The van der Waals surface area contributed by atoms with E-state index in [1.165, 1.54) is 12.1 Å². The number of hydrogen-bond acceptors (Lipinski definition) is 1. The lowest BCUT2D eigenvalue weighted by atomic mass is 10.1. The third-order valence-corrected chi connectivity index (χ3v) is 2.32. The highest BCUT2D eigenvalue weighted by molar-refractivity contribution is 5.98. The average molecular weight is 234 g/mol. The number of rotatable bonds is 1. The molecule has 1 aromatic carbocycles. The summed E-state index contributed by atoms with van der Waals surface area (Å²) >= 11 is 0. The van der Waals surface area contributed by atoms with Crippen LogP contribution in [0.15, 0.2) is 24.3 Å². The second-order valence-electron chi connectivity index (χ2n) is 5.12. The highest BCUT2D eigenvalue weighted by Crippen LogP contribution is 2.17. The molecule has 2 aromatic rings. The van der Waals surface area contributed by atoms with Crippen molar-refractivity contribution in [3.05, 3.63) is 35.8 Å². The molecule has 0 bridgehead atoms. The highest BCUT2D eigenvalue weighted by Gasteiger charge is 2.16. The first-order valence-electron chi connectivity index (χ1n) is 5.46. The predicted molar refractivity (Wildman–Crippen MR) is 65.5 cm³/mol. The molecule has 0 aliphatic carbocycles. The number of carbonyl (C=O) groups excluding carboxylic acids is 1. The summed E-state index contributed by atoms with van der Waals surface area (Å²) in [6.07, 6.45) is 0. The second-order valence-corrected chi connectivity index (χ2v) is 5.12. The maximum Gasteiger partial charge on any atom is 0.268 e. The van der Waals surface area contributed by atoms with E-state index in [0.717, 1.165) is 5.52 Å². The lowest BCUT2D eigenvalue weighted by molar-refractivity contribution is 0.0915. The fourth-order valence-electron chi connectivity index (χ4n) is 1.63. The van der Waals surface area contributed by atoms with Gasteiger partial charge in [0.15, 0.2) is 0 Å². The van der Waals surface area contributed by atoms with Crippen LogP contribution in [0.1, 0.15) is 31.3 Å². The van der Waals surface area contributed by atoms with E-state index < -0.39 is 0 Å². The van der Waals surface area contributed by atoms with Crippen LogP contribution in [0.3, 0.4) is 0 Å². The van der Waals surface area contributed by atoms with Crippen LogP contribution in [-0.4, -0.2) is 16.4 Å². The zero-order valence-corrected chi connectivity index (χ0v) is 10.1. The van der Waals surface area contributed by atoms with Crippen LogP contribution < -0.4 is 5.32 Å². The highest BCUT2D eigenvalue weighted by atomic mass is 19.1. The van der Waals surface area contributed by atoms with E-state index in [4.69, 9.17) is 0 Å². The molecule has 4 heteroatoms. The van der Waals surface area contributed by atoms with Crippen molar-refractivity contribution in [1.82, 2.24) is 10.3 Å². The van der Waals surface area contributed by atoms with Crippen molar-refractivity contribution in [3.63, 3.8) is 0 Å². The summed E-state index contributed by atoms with van der Waals surface area (Å²) in [6.45, 7) is 5.73. The summed E-state index contributed by atoms with van der Waals surface area (Å²) < 4.78 is 13.0. The maximum atomic E-state index is 13.0. The minimum Gasteiger partial charge on any atom is -0.351 e. The van der Waals surface area contributed by atoms with E-state index >= 15 is 0 Å². The Balaban J connectivity index is 2.33. The molecule has 3 nitrogen and oxygen atoms in total. The van der Waals surface area contributed by atoms with Crippen LogP contribution in [0.2, 0.25) is 0 Å². The number of carbonyl (C=O) groups is 1. The summed E-state index contributed by atoms with van der Waals surface area (Å²) in [5.41, 5.74) is 0.908. The van der Waals surface area contributed by atoms with Gasteiger partial charge in [-0.2, -0.15) is 0 Å². The molecule has 0 saturated heterocycles. The Morgan fingerprint density at radius 2 is 2.00 bits per heavy atom. The van der Waals surface area contributed by atoms with Gasteiger partial charge in [-0.25, -0.2) is 4.39 Å². The fourth-order valence-corrected chi connectivity index (χ4v) is 1.63.